The molecule has 2 aromatic carbocycles. The van der Waals surface area contributed by atoms with E-state index in [0.717, 1.165) is 5.56 Å². The maximum atomic E-state index is 11.2. The van der Waals surface area contributed by atoms with Crippen molar-refractivity contribution in [3.8, 4) is 5.75 Å². The minimum absolute atomic E-state index is 0.388. The third-order valence-corrected chi connectivity index (χ3v) is 2.60. The predicted molar refractivity (Wildman–Crippen MR) is 75.9 cm³/mol. The Kier molecular flexibility index (Phi) is 4.34. The molecule has 0 saturated heterocycles. The van der Waals surface area contributed by atoms with Crippen LogP contribution in [0, 0.1) is 0 Å². The van der Waals surface area contributed by atoms with Crippen molar-refractivity contribution in [2.24, 2.45) is 5.73 Å². The quantitative estimate of drug-likeness (QED) is 0.890. The van der Waals surface area contributed by atoms with Gasteiger partial charge >= 0.3 is 0 Å². The zero-order chi connectivity index (χ0) is 13.5. The minimum atomic E-state index is -0.484. The molecule has 3 heteroatoms. The number of benzene rings is 2. The Labute approximate surface area is 112 Å². The van der Waals surface area contributed by atoms with Crippen LogP contribution in [-0.4, -0.2) is 12.5 Å². The summed E-state index contributed by atoms with van der Waals surface area (Å²) in [7, 11) is 0. The summed E-state index contributed by atoms with van der Waals surface area (Å²) in [5.74, 6) is 0.0235. The third-order valence-electron chi connectivity index (χ3n) is 2.60. The highest BCUT2D eigenvalue weighted by Gasteiger charge is 2.06. The summed E-state index contributed by atoms with van der Waals surface area (Å²) in [6, 6.07) is 16.9. The fourth-order valence-electron chi connectivity index (χ4n) is 1.68. The SMILES string of the molecule is NC(=O)c1ccccc1OCC=Cc1ccccc1. The monoisotopic (exact) mass is 253 g/mol. The van der Waals surface area contributed by atoms with E-state index in [2.05, 4.69) is 0 Å². The number of ether oxygens (including phenoxy) is 1. The highest BCUT2D eigenvalue weighted by Crippen LogP contribution is 2.17. The predicted octanol–water partition coefficient (Wildman–Crippen LogP) is 2.88. The van der Waals surface area contributed by atoms with Crippen molar-refractivity contribution in [3.05, 3.63) is 71.8 Å². The Bertz CT molecular complexity index is 576. The summed E-state index contributed by atoms with van der Waals surface area (Å²) in [4.78, 5) is 11.2. The molecule has 0 aromatic heterocycles. The zero-order valence-electron chi connectivity index (χ0n) is 10.5. The van der Waals surface area contributed by atoms with Gasteiger partial charge in [0.05, 0.1) is 5.56 Å². The number of amides is 1. The zero-order valence-corrected chi connectivity index (χ0v) is 10.5. The van der Waals surface area contributed by atoms with E-state index in [1.807, 2.05) is 48.6 Å². The molecular formula is C16H15NO2. The van der Waals surface area contributed by atoms with Crippen molar-refractivity contribution >= 4 is 12.0 Å². The Balaban J connectivity index is 1.96. The van der Waals surface area contributed by atoms with Gasteiger partial charge in [-0.2, -0.15) is 0 Å². The lowest BCUT2D eigenvalue weighted by atomic mass is 10.2. The first-order chi connectivity index (χ1) is 9.27. The van der Waals surface area contributed by atoms with Gasteiger partial charge < -0.3 is 10.5 Å². The van der Waals surface area contributed by atoms with E-state index in [9.17, 15) is 4.79 Å². The number of hydrogen-bond acceptors (Lipinski definition) is 2. The average molecular weight is 253 g/mol. The Hall–Kier alpha value is -2.55. The second-order valence-corrected chi connectivity index (χ2v) is 3.98. The molecule has 0 fully saturated rings. The van der Waals surface area contributed by atoms with Gasteiger partial charge in [0, 0.05) is 0 Å². The van der Waals surface area contributed by atoms with Gasteiger partial charge in [-0.05, 0) is 23.8 Å². The number of rotatable bonds is 5. The molecule has 0 spiro atoms. The standard InChI is InChI=1S/C16H15NO2/c17-16(18)14-10-4-5-11-15(14)19-12-6-9-13-7-2-1-3-8-13/h1-11H,12H2,(H2,17,18). The van der Waals surface area contributed by atoms with Crippen LogP contribution in [0.4, 0.5) is 0 Å². The molecule has 3 nitrogen and oxygen atoms in total. The van der Waals surface area contributed by atoms with Crippen LogP contribution in [0.25, 0.3) is 6.08 Å². The van der Waals surface area contributed by atoms with Gasteiger partial charge in [-0.1, -0.05) is 48.5 Å². The van der Waals surface area contributed by atoms with Crippen molar-refractivity contribution in [2.45, 2.75) is 0 Å². The van der Waals surface area contributed by atoms with Crippen molar-refractivity contribution in [2.75, 3.05) is 6.61 Å². The van der Waals surface area contributed by atoms with Crippen molar-refractivity contribution < 1.29 is 9.53 Å². The molecule has 0 unspecified atom stereocenters. The molecule has 2 N–H and O–H groups in total. The maximum Gasteiger partial charge on any atom is 0.252 e. The van der Waals surface area contributed by atoms with Crippen LogP contribution in [0.15, 0.2) is 60.7 Å². The van der Waals surface area contributed by atoms with Crippen molar-refractivity contribution in [3.63, 3.8) is 0 Å². The van der Waals surface area contributed by atoms with E-state index in [0.29, 0.717) is 17.9 Å². The van der Waals surface area contributed by atoms with E-state index >= 15 is 0 Å². The molecule has 0 aliphatic rings. The van der Waals surface area contributed by atoms with Crippen LogP contribution in [0.3, 0.4) is 0 Å². The fourth-order valence-corrected chi connectivity index (χ4v) is 1.68. The number of para-hydroxylation sites is 1. The number of carbonyl (C=O) groups excluding carboxylic acids is 1. The van der Waals surface area contributed by atoms with E-state index in [1.165, 1.54) is 0 Å². The summed E-state index contributed by atoms with van der Waals surface area (Å²) in [5.41, 5.74) is 6.78. The molecule has 0 bridgehead atoms. The van der Waals surface area contributed by atoms with E-state index < -0.39 is 5.91 Å². The Morgan fingerprint density at radius 1 is 1.05 bits per heavy atom. The number of primary amides is 1. The molecule has 2 rings (SSSR count). The molecule has 0 aliphatic heterocycles. The molecule has 0 saturated carbocycles. The average Bonchev–Trinajstić information content (AvgIpc) is 2.45. The molecule has 0 atom stereocenters. The van der Waals surface area contributed by atoms with Gasteiger partial charge in [0.15, 0.2) is 0 Å². The Morgan fingerprint density at radius 3 is 2.47 bits per heavy atom. The van der Waals surface area contributed by atoms with Gasteiger partial charge in [-0.15, -0.1) is 0 Å². The first-order valence-electron chi connectivity index (χ1n) is 6.00. The smallest absolute Gasteiger partial charge is 0.252 e. The van der Waals surface area contributed by atoms with Gasteiger partial charge in [0.25, 0.3) is 5.91 Å². The lowest BCUT2D eigenvalue weighted by Crippen LogP contribution is -2.12. The molecule has 19 heavy (non-hydrogen) atoms. The molecular weight excluding hydrogens is 238 g/mol. The van der Waals surface area contributed by atoms with Crippen LogP contribution in [0.5, 0.6) is 5.75 Å². The number of hydrogen-bond donors (Lipinski definition) is 1. The molecule has 1 amide bonds. The lowest BCUT2D eigenvalue weighted by molar-refractivity contribution is 0.0997. The Morgan fingerprint density at radius 2 is 1.74 bits per heavy atom. The second kappa shape index (κ2) is 6.40. The summed E-state index contributed by atoms with van der Waals surface area (Å²) in [5, 5.41) is 0. The highest BCUT2D eigenvalue weighted by atomic mass is 16.5. The summed E-state index contributed by atoms with van der Waals surface area (Å²) < 4.78 is 5.53. The lowest BCUT2D eigenvalue weighted by Gasteiger charge is -2.06. The van der Waals surface area contributed by atoms with Gasteiger partial charge in [-0.25, -0.2) is 0 Å². The van der Waals surface area contributed by atoms with Gasteiger partial charge in [-0.3, -0.25) is 4.79 Å². The second-order valence-electron chi connectivity index (χ2n) is 3.98. The normalized spacial score (nSPS) is 10.5. The van der Waals surface area contributed by atoms with Crippen LogP contribution < -0.4 is 10.5 Å². The number of nitrogens with two attached hydrogens (primary N) is 1. The van der Waals surface area contributed by atoms with E-state index in [1.54, 1.807) is 18.2 Å². The first kappa shape index (κ1) is 12.9. The summed E-state index contributed by atoms with van der Waals surface area (Å²) in [6.45, 7) is 0.388. The molecule has 0 heterocycles. The highest BCUT2D eigenvalue weighted by molar-refractivity contribution is 5.95. The maximum absolute atomic E-state index is 11.2. The minimum Gasteiger partial charge on any atom is -0.489 e. The molecule has 2 aromatic rings. The summed E-state index contributed by atoms with van der Waals surface area (Å²) in [6.07, 6.45) is 3.86. The van der Waals surface area contributed by atoms with Crippen molar-refractivity contribution in [1.82, 2.24) is 0 Å². The third kappa shape index (κ3) is 3.71. The molecule has 96 valence electrons. The fraction of sp³-hybridized carbons (Fsp3) is 0.0625. The van der Waals surface area contributed by atoms with Crippen LogP contribution in [0.2, 0.25) is 0 Å². The molecule has 0 aliphatic carbocycles. The largest absolute Gasteiger partial charge is 0.489 e. The van der Waals surface area contributed by atoms with Crippen molar-refractivity contribution in [1.29, 1.82) is 0 Å². The van der Waals surface area contributed by atoms with Crippen LogP contribution >= 0.6 is 0 Å². The van der Waals surface area contributed by atoms with E-state index in [4.69, 9.17) is 10.5 Å². The topological polar surface area (TPSA) is 52.3 Å². The van der Waals surface area contributed by atoms with Gasteiger partial charge in [0.1, 0.15) is 12.4 Å². The summed E-state index contributed by atoms with van der Waals surface area (Å²) >= 11 is 0. The van der Waals surface area contributed by atoms with Gasteiger partial charge in [0.2, 0.25) is 0 Å². The molecule has 0 radical (unpaired) electrons. The van der Waals surface area contributed by atoms with E-state index in [-0.39, 0.29) is 0 Å². The first-order valence-corrected chi connectivity index (χ1v) is 6.00. The van der Waals surface area contributed by atoms with Crippen LogP contribution in [-0.2, 0) is 0 Å². The van der Waals surface area contributed by atoms with Crippen LogP contribution in [0.1, 0.15) is 15.9 Å². The number of carbonyl (C=O) groups is 1.